The van der Waals surface area contributed by atoms with E-state index in [1.807, 2.05) is 29.3 Å². The summed E-state index contributed by atoms with van der Waals surface area (Å²) in [4.78, 5) is 14.5. The van der Waals surface area contributed by atoms with Crippen LogP contribution < -0.4 is 5.32 Å². The third-order valence-corrected chi connectivity index (χ3v) is 4.28. The molecule has 6 nitrogen and oxygen atoms in total. The fraction of sp³-hybridized carbons (Fsp3) is 0.368. The number of anilines is 1. The van der Waals surface area contributed by atoms with Gasteiger partial charge in [-0.1, -0.05) is 42.5 Å². The van der Waals surface area contributed by atoms with Crippen LogP contribution in [0.15, 0.2) is 48.8 Å². The minimum Gasteiger partial charge on any atom is -0.383 e. The fourth-order valence-electron chi connectivity index (χ4n) is 2.96. The van der Waals surface area contributed by atoms with Gasteiger partial charge < -0.3 is 15.0 Å². The number of hydrogen-bond acceptors (Lipinski definition) is 3. The van der Waals surface area contributed by atoms with Crippen LogP contribution in [0, 0.1) is 0 Å². The standard InChI is InChI=1S/C19H24N4O2/c1-25-13-12-22-15-17(14-20-22)21-19(24)23-11-5-8-18(23)10-9-16-6-3-2-4-7-16/h2-4,6-7,9-10,14-15,18H,5,8,11-13H2,1H3,(H,21,24)/b10-9+. The molecule has 25 heavy (non-hydrogen) atoms. The third-order valence-electron chi connectivity index (χ3n) is 4.28. The highest BCUT2D eigenvalue weighted by Gasteiger charge is 2.27. The van der Waals surface area contributed by atoms with Crippen molar-refractivity contribution in [2.45, 2.75) is 25.4 Å². The first-order valence-corrected chi connectivity index (χ1v) is 8.58. The summed E-state index contributed by atoms with van der Waals surface area (Å²) in [5, 5.41) is 7.16. The Labute approximate surface area is 148 Å². The second kappa shape index (κ2) is 8.48. The Morgan fingerprint density at radius 3 is 3.04 bits per heavy atom. The smallest absolute Gasteiger partial charge is 0.322 e. The third kappa shape index (κ3) is 4.70. The van der Waals surface area contributed by atoms with Crippen molar-refractivity contribution in [2.75, 3.05) is 25.6 Å². The molecule has 3 rings (SSSR count). The second-order valence-corrected chi connectivity index (χ2v) is 6.09. The molecule has 1 saturated heterocycles. The summed E-state index contributed by atoms with van der Waals surface area (Å²) in [6.45, 7) is 2.03. The summed E-state index contributed by atoms with van der Waals surface area (Å²) in [5.41, 5.74) is 1.85. The predicted octanol–water partition coefficient (Wildman–Crippen LogP) is 3.24. The SMILES string of the molecule is COCCn1cc(NC(=O)N2CCCC2/C=C/c2ccccc2)cn1. The molecular weight excluding hydrogens is 316 g/mol. The lowest BCUT2D eigenvalue weighted by Gasteiger charge is -2.22. The quantitative estimate of drug-likeness (QED) is 0.878. The molecule has 1 aromatic carbocycles. The van der Waals surface area contributed by atoms with Gasteiger partial charge in [0.25, 0.3) is 0 Å². The minimum absolute atomic E-state index is 0.0773. The van der Waals surface area contributed by atoms with Gasteiger partial charge in [-0.3, -0.25) is 4.68 Å². The van der Waals surface area contributed by atoms with Crippen LogP contribution in [0.4, 0.5) is 10.5 Å². The molecule has 6 heteroatoms. The van der Waals surface area contributed by atoms with Crippen molar-refractivity contribution < 1.29 is 9.53 Å². The first kappa shape index (κ1) is 17.2. The highest BCUT2D eigenvalue weighted by molar-refractivity contribution is 5.89. The van der Waals surface area contributed by atoms with E-state index in [4.69, 9.17) is 4.74 Å². The van der Waals surface area contributed by atoms with E-state index in [1.54, 1.807) is 18.0 Å². The first-order valence-electron chi connectivity index (χ1n) is 8.58. The van der Waals surface area contributed by atoms with Crippen molar-refractivity contribution in [1.29, 1.82) is 0 Å². The Balaban J connectivity index is 1.59. The molecule has 1 N–H and O–H groups in total. The van der Waals surface area contributed by atoms with Crippen molar-refractivity contribution in [3.63, 3.8) is 0 Å². The van der Waals surface area contributed by atoms with Gasteiger partial charge in [-0.15, -0.1) is 0 Å². The Bertz CT molecular complexity index is 711. The Morgan fingerprint density at radius 1 is 1.40 bits per heavy atom. The van der Waals surface area contributed by atoms with Gasteiger partial charge in [0.1, 0.15) is 0 Å². The number of ether oxygens (including phenoxy) is 1. The zero-order valence-corrected chi connectivity index (χ0v) is 14.5. The lowest BCUT2D eigenvalue weighted by atomic mass is 10.1. The number of methoxy groups -OCH3 is 1. The zero-order chi connectivity index (χ0) is 17.5. The molecule has 132 valence electrons. The molecule has 2 aromatic rings. The van der Waals surface area contributed by atoms with Crippen LogP contribution in [0.5, 0.6) is 0 Å². The van der Waals surface area contributed by atoms with Crippen LogP contribution in [0.2, 0.25) is 0 Å². The maximum atomic E-state index is 12.6. The van der Waals surface area contributed by atoms with Crippen molar-refractivity contribution in [1.82, 2.24) is 14.7 Å². The monoisotopic (exact) mass is 340 g/mol. The molecule has 0 spiro atoms. The number of nitrogens with zero attached hydrogens (tertiary/aromatic N) is 3. The summed E-state index contributed by atoms with van der Waals surface area (Å²) in [5.74, 6) is 0. The number of urea groups is 1. The van der Waals surface area contributed by atoms with E-state index in [1.165, 1.54) is 0 Å². The Kier molecular flexibility index (Phi) is 5.85. The summed E-state index contributed by atoms with van der Waals surface area (Å²) in [7, 11) is 1.66. The van der Waals surface area contributed by atoms with Crippen LogP contribution in [0.3, 0.4) is 0 Å². The van der Waals surface area contributed by atoms with Gasteiger partial charge in [-0.2, -0.15) is 5.10 Å². The molecule has 1 aliphatic rings. The van der Waals surface area contributed by atoms with E-state index in [0.29, 0.717) is 18.8 Å². The van der Waals surface area contributed by atoms with Crippen molar-refractivity contribution in [3.8, 4) is 0 Å². The van der Waals surface area contributed by atoms with Gasteiger partial charge >= 0.3 is 6.03 Å². The normalized spacial score (nSPS) is 17.3. The van der Waals surface area contributed by atoms with E-state index >= 15 is 0 Å². The highest BCUT2D eigenvalue weighted by atomic mass is 16.5. The fourth-order valence-corrected chi connectivity index (χ4v) is 2.96. The zero-order valence-electron chi connectivity index (χ0n) is 14.5. The van der Waals surface area contributed by atoms with Gasteiger partial charge in [-0.05, 0) is 18.4 Å². The Hall–Kier alpha value is -2.60. The average Bonchev–Trinajstić information content (AvgIpc) is 3.28. The molecule has 1 aromatic heterocycles. The van der Waals surface area contributed by atoms with Gasteiger partial charge in [0.15, 0.2) is 0 Å². The summed E-state index contributed by atoms with van der Waals surface area (Å²) < 4.78 is 6.79. The lowest BCUT2D eigenvalue weighted by molar-refractivity contribution is 0.183. The number of nitrogens with one attached hydrogen (secondary N) is 1. The van der Waals surface area contributed by atoms with Crippen molar-refractivity contribution in [2.24, 2.45) is 0 Å². The topological polar surface area (TPSA) is 59.4 Å². The van der Waals surface area contributed by atoms with Crippen molar-refractivity contribution >= 4 is 17.8 Å². The number of amides is 2. The number of benzene rings is 1. The number of aromatic nitrogens is 2. The van der Waals surface area contributed by atoms with E-state index in [0.717, 1.165) is 24.9 Å². The molecule has 0 saturated carbocycles. The minimum atomic E-state index is -0.0773. The molecule has 1 fully saturated rings. The highest BCUT2D eigenvalue weighted by Crippen LogP contribution is 2.21. The molecule has 1 atom stereocenters. The summed E-state index contributed by atoms with van der Waals surface area (Å²) >= 11 is 0. The van der Waals surface area contributed by atoms with E-state index in [2.05, 4.69) is 34.7 Å². The molecule has 0 aliphatic carbocycles. The summed E-state index contributed by atoms with van der Waals surface area (Å²) in [6, 6.07) is 10.2. The van der Waals surface area contributed by atoms with E-state index < -0.39 is 0 Å². The van der Waals surface area contributed by atoms with Crippen molar-refractivity contribution in [3.05, 3.63) is 54.4 Å². The molecule has 1 aliphatic heterocycles. The van der Waals surface area contributed by atoms with E-state index in [-0.39, 0.29) is 12.1 Å². The molecule has 1 unspecified atom stereocenters. The van der Waals surface area contributed by atoms with Crippen LogP contribution >= 0.6 is 0 Å². The summed E-state index contributed by atoms with van der Waals surface area (Å²) in [6.07, 6.45) is 9.69. The second-order valence-electron chi connectivity index (χ2n) is 6.09. The van der Waals surface area contributed by atoms with E-state index in [9.17, 15) is 4.79 Å². The van der Waals surface area contributed by atoms with Gasteiger partial charge in [-0.25, -0.2) is 4.79 Å². The maximum Gasteiger partial charge on any atom is 0.322 e. The molecule has 0 radical (unpaired) electrons. The number of rotatable bonds is 6. The maximum absolute atomic E-state index is 12.6. The number of likely N-dealkylation sites (tertiary alicyclic amines) is 1. The molecular formula is C19H24N4O2. The van der Waals surface area contributed by atoms with Crippen LogP contribution in [0.1, 0.15) is 18.4 Å². The van der Waals surface area contributed by atoms with Crippen LogP contribution in [-0.4, -0.2) is 47.0 Å². The van der Waals surface area contributed by atoms with Crippen LogP contribution in [0.25, 0.3) is 6.08 Å². The van der Waals surface area contributed by atoms with Crippen LogP contribution in [-0.2, 0) is 11.3 Å². The average molecular weight is 340 g/mol. The molecule has 0 bridgehead atoms. The predicted molar refractivity (Wildman–Crippen MR) is 98.3 cm³/mol. The first-order chi connectivity index (χ1) is 12.3. The number of carbonyl (C=O) groups is 1. The molecule has 2 heterocycles. The van der Waals surface area contributed by atoms with Gasteiger partial charge in [0.05, 0.1) is 31.1 Å². The Morgan fingerprint density at radius 2 is 2.24 bits per heavy atom. The lowest BCUT2D eigenvalue weighted by Crippen LogP contribution is -2.37. The largest absolute Gasteiger partial charge is 0.383 e. The number of carbonyl (C=O) groups excluding carboxylic acids is 1. The van der Waals surface area contributed by atoms with Gasteiger partial charge in [0.2, 0.25) is 0 Å². The molecule has 2 amide bonds. The number of hydrogen-bond donors (Lipinski definition) is 1. The van der Waals surface area contributed by atoms with Gasteiger partial charge in [0, 0.05) is 19.9 Å².